The van der Waals surface area contributed by atoms with E-state index < -0.39 is 0 Å². The number of fused-ring (bicyclic) bond motifs is 3. The summed E-state index contributed by atoms with van der Waals surface area (Å²) in [6.45, 7) is 1.30. The Kier molecular flexibility index (Phi) is 4.61. The van der Waals surface area contributed by atoms with Crippen LogP contribution in [0.25, 0.3) is 32.4 Å². The van der Waals surface area contributed by atoms with Gasteiger partial charge in [-0.2, -0.15) is 5.10 Å². The molecular weight excluding hydrogens is 388 g/mol. The fourth-order valence-electron chi connectivity index (χ4n) is 3.44. The molecule has 4 aromatic rings. The lowest BCUT2D eigenvalue weighted by Gasteiger charge is -2.25. The van der Waals surface area contributed by atoms with Crippen molar-refractivity contribution in [1.82, 2.24) is 25.5 Å². The molecule has 5 rings (SSSR count). The van der Waals surface area contributed by atoms with Crippen molar-refractivity contribution >= 4 is 44.2 Å². The van der Waals surface area contributed by atoms with E-state index in [9.17, 15) is 4.79 Å². The number of aromatic nitrogens is 4. The fourth-order valence-corrected chi connectivity index (χ4v) is 4.55. The molecule has 0 aliphatic carbocycles. The molecule has 0 bridgehead atoms. The second-order valence-corrected chi connectivity index (χ2v) is 8.15. The molecule has 4 N–H and O–H groups in total. The number of nitrogens with two attached hydrogens (primary N) is 1. The zero-order chi connectivity index (χ0) is 19.8. The molecule has 1 aliphatic rings. The number of carbonyl (C=O) groups is 1. The quantitative estimate of drug-likeness (QED) is 0.451. The van der Waals surface area contributed by atoms with Gasteiger partial charge in [-0.05, 0) is 18.6 Å². The van der Waals surface area contributed by atoms with Gasteiger partial charge >= 0.3 is 0 Å². The van der Waals surface area contributed by atoms with Crippen LogP contribution in [0.3, 0.4) is 0 Å². The van der Waals surface area contributed by atoms with Crippen LogP contribution in [-0.2, 0) is 16.0 Å². The van der Waals surface area contributed by atoms with Gasteiger partial charge in [-0.3, -0.25) is 9.89 Å². The van der Waals surface area contributed by atoms with E-state index in [4.69, 9.17) is 10.5 Å². The number of benzene rings is 1. The van der Waals surface area contributed by atoms with Gasteiger partial charge in [0, 0.05) is 36.7 Å². The maximum atomic E-state index is 11.9. The van der Waals surface area contributed by atoms with Crippen molar-refractivity contribution in [3.05, 3.63) is 35.5 Å². The zero-order valence-corrected chi connectivity index (χ0v) is 16.5. The van der Waals surface area contributed by atoms with Crippen LogP contribution in [0.5, 0.6) is 0 Å². The summed E-state index contributed by atoms with van der Waals surface area (Å²) in [4.78, 5) is 21.1. The first-order chi connectivity index (χ1) is 14.2. The molecule has 9 heteroatoms. The number of amides is 1. The van der Waals surface area contributed by atoms with Crippen molar-refractivity contribution < 1.29 is 9.53 Å². The van der Waals surface area contributed by atoms with E-state index in [1.807, 2.05) is 24.3 Å². The molecule has 0 radical (unpaired) electrons. The summed E-state index contributed by atoms with van der Waals surface area (Å²) in [7, 11) is 0. The standard InChI is InChI=1S/C20H20N6O2S/c21-20-18-19(13-2-1-11(9-15(13)24-20)14-3-7-23-26-14)29-17(25-18)4-6-22-16(27)10-12-5-8-28-12/h1-3,7,9,12H,4-6,8,10H2,(H2,21,24)(H,22,27)(H,23,26). The van der Waals surface area contributed by atoms with Crippen LogP contribution < -0.4 is 11.1 Å². The number of H-pyrrole nitrogens is 1. The molecule has 8 nitrogen and oxygen atoms in total. The number of hydrogen-bond donors (Lipinski definition) is 3. The predicted octanol–water partition coefficient (Wildman–Crippen LogP) is 2.65. The molecule has 0 saturated carbocycles. The minimum Gasteiger partial charge on any atom is -0.382 e. The third-order valence-corrected chi connectivity index (χ3v) is 6.22. The van der Waals surface area contributed by atoms with Gasteiger partial charge in [-0.25, -0.2) is 9.97 Å². The van der Waals surface area contributed by atoms with E-state index in [0.29, 0.717) is 25.2 Å². The molecule has 29 heavy (non-hydrogen) atoms. The Labute approximate surface area is 170 Å². The van der Waals surface area contributed by atoms with Crippen LogP contribution in [0.1, 0.15) is 17.8 Å². The molecular formula is C20H20N6O2S. The average molecular weight is 408 g/mol. The first-order valence-electron chi connectivity index (χ1n) is 9.54. The number of ether oxygens (including phenoxy) is 1. The van der Waals surface area contributed by atoms with Crippen LogP contribution in [0.2, 0.25) is 0 Å². The van der Waals surface area contributed by atoms with Gasteiger partial charge in [0.05, 0.1) is 33.4 Å². The highest BCUT2D eigenvalue weighted by atomic mass is 32.1. The van der Waals surface area contributed by atoms with E-state index in [-0.39, 0.29) is 12.0 Å². The number of hydrogen-bond acceptors (Lipinski definition) is 7. The Morgan fingerprint density at radius 1 is 1.34 bits per heavy atom. The minimum atomic E-state index is 0.0220. The number of carbonyl (C=O) groups excluding carboxylic acids is 1. The number of aromatic amines is 1. The van der Waals surface area contributed by atoms with Gasteiger partial charge in [0.1, 0.15) is 5.52 Å². The van der Waals surface area contributed by atoms with Crippen molar-refractivity contribution in [3.8, 4) is 11.3 Å². The lowest BCUT2D eigenvalue weighted by Crippen LogP contribution is -2.35. The van der Waals surface area contributed by atoms with E-state index >= 15 is 0 Å². The first-order valence-corrected chi connectivity index (χ1v) is 10.4. The Bertz CT molecular complexity index is 1180. The van der Waals surface area contributed by atoms with E-state index in [1.165, 1.54) is 0 Å². The summed E-state index contributed by atoms with van der Waals surface area (Å²) in [5, 5.41) is 11.9. The number of pyridine rings is 1. The molecule has 1 atom stereocenters. The largest absolute Gasteiger partial charge is 0.382 e. The fraction of sp³-hybridized carbons (Fsp3) is 0.300. The maximum Gasteiger partial charge on any atom is 0.222 e. The van der Waals surface area contributed by atoms with Crippen LogP contribution in [-0.4, -0.2) is 45.3 Å². The zero-order valence-electron chi connectivity index (χ0n) is 15.6. The molecule has 1 aliphatic heterocycles. The molecule has 1 saturated heterocycles. The normalized spacial score (nSPS) is 16.2. The van der Waals surface area contributed by atoms with Crippen LogP contribution in [0, 0.1) is 0 Å². The van der Waals surface area contributed by atoms with Crippen LogP contribution >= 0.6 is 11.3 Å². The van der Waals surface area contributed by atoms with Gasteiger partial charge in [0.15, 0.2) is 5.82 Å². The van der Waals surface area contributed by atoms with Crippen LogP contribution in [0.15, 0.2) is 30.5 Å². The predicted molar refractivity (Wildman–Crippen MR) is 113 cm³/mol. The average Bonchev–Trinajstić information content (AvgIpc) is 3.35. The Morgan fingerprint density at radius 2 is 2.24 bits per heavy atom. The van der Waals surface area contributed by atoms with Gasteiger partial charge in [0.25, 0.3) is 0 Å². The molecule has 4 heterocycles. The molecule has 3 aromatic heterocycles. The van der Waals surface area contributed by atoms with Gasteiger partial charge in [0.2, 0.25) is 5.91 Å². The molecule has 1 fully saturated rings. The molecule has 1 unspecified atom stereocenters. The highest BCUT2D eigenvalue weighted by molar-refractivity contribution is 7.19. The van der Waals surface area contributed by atoms with Crippen molar-refractivity contribution in [2.24, 2.45) is 0 Å². The van der Waals surface area contributed by atoms with Crippen molar-refractivity contribution in [1.29, 1.82) is 0 Å². The molecule has 1 amide bonds. The summed E-state index contributed by atoms with van der Waals surface area (Å²) in [6.07, 6.45) is 3.86. The number of rotatable bonds is 6. The van der Waals surface area contributed by atoms with Gasteiger partial charge in [-0.15, -0.1) is 11.3 Å². The van der Waals surface area contributed by atoms with Gasteiger partial charge in [-0.1, -0.05) is 12.1 Å². The SMILES string of the molecule is Nc1nc2cc(-c3ccn[nH]3)ccc2c2sc(CCNC(=O)CC3CCO3)nc12. The van der Waals surface area contributed by atoms with Crippen LogP contribution in [0.4, 0.5) is 5.82 Å². The highest BCUT2D eigenvalue weighted by Gasteiger charge is 2.21. The second-order valence-electron chi connectivity index (χ2n) is 7.07. The Hall–Kier alpha value is -3.04. The first kappa shape index (κ1) is 18.0. The number of anilines is 1. The highest BCUT2D eigenvalue weighted by Crippen LogP contribution is 2.34. The minimum absolute atomic E-state index is 0.0220. The number of nitrogen functional groups attached to an aromatic ring is 1. The smallest absolute Gasteiger partial charge is 0.222 e. The topological polar surface area (TPSA) is 119 Å². The summed E-state index contributed by atoms with van der Waals surface area (Å²) < 4.78 is 6.32. The number of thiazole rings is 1. The summed E-state index contributed by atoms with van der Waals surface area (Å²) in [5.41, 5.74) is 9.67. The lowest BCUT2D eigenvalue weighted by atomic mass is 10.1. The van der Waals surface area contributed by atoms with E-state index in [2.05, 4.69) is 25.5 Å². The molecule has 0 spiro atoms. The van der Waals surface area contributed by atoms with Gasteiger partial charge < -0.3 is 15.8 Å². The lowest BCUT2D eigenvalue weighted by molar-refractivity contribution is -0.128. The van der Waals surface area contributed by atoms with Crippen molar-refractivity contribution in [2.45, 2.75) is 25.4 Å². The maximum absolute atomic E-state index is 11.9. The Morgan fingerprint density at radius 3 is 3.00 bits per heavy atom. The summed E-state index contributed by atoms with van der Waals surface area (Å²) in [5.74, 6) is 0.441. The second kappa shape index (κ2) is 7.41. The molecule has 148 valence electrons. The third kappa shape index (κ3) is 3.54. The Balaban J connectivity index is 1.36. The number of nitrogens with zero attached hydrogens (tertiary/aromatic N) is 3. The molecule has 1 aromatic carbocycles. The third-order valence-electron chi connectivity index (χ3n) is 5.08. The van der Waals surface area contributed by atoms with Crippen molar-refractivity contribution in [3.63, 3.8) is 0 Å². The van der Waals surface area contributed by atoms with E-state index in [1.54, 1.807) is 17.5 Å². The number of nitrogens with one attached hydrogen (secondary N) is 2. The monoisotopic (exact) mass is 408 g/mol. The van der Waals surface area contributed by atoms with Crippen molar-refractivity contribution in [2.75, 3.05) is 18.9 Å². The summed E-state index contributed by atoms with van der Waals surface area (Å²) in [6, 6.07) is 8.00. The summed E-state index contributed by atoms with van der Waals surface area (Å²) >= 11 is 1.60. The van der Waals surface area contributed by atoms with E-state index in [0.717, 1.165) is 50.4 Å².